The van der Waals surface area contributed by atoms with Crippen LogP contribution in [0.15, 0.2) is 32.8 Å². The van der Waals surface area contributed by atoms with Gasteiger partial charge in [0.1, 0.15) is 17.1 Å². The van der Waals surface area contributed by atoms with Crippen molar-refractivity contribution in [2.24, 2.45) is 14.1 Å². The predicted molar refractivity (Wildman–Crippen MR) is 91.4 cm³/mol. The lowest BCUT2D eigenvalue weighted by Crippen LogP contribution is -2.49. The molecule has 0 spiro atoms. The Hall–Kier alpha value is -2.15. The Morgan fingerprint density at radius 2 is 2.04 bits per heavy atom. The highest BCUT2D eigenvalue weighted by Crippen LogP contribution is 2.56. The zero-order valence-corrected chi connectivity index (χ0v) is 14.8. The van der Waals surface area contributed by atoms with Crippen molar-refractivity contribution in [2.75, 3.05) is 12.9 Å². The van der Waals surface area contributed by atoms with Gasteiger partial charge in [-0.25, -0.2) is 4.79 Å². The van der Waals surface area contributed by atoms with Crippen LogP contribution in [-0.2, 0) is 19.7 Å². The number of aromatic nitrogens is 2. The van der Waals surface area contributed by atoms with Crippen molar-refractivity contribution in [1.29, 1.82) is 0 Å². The van der Waals surface area contributed by atoms with E-state index >= 15 is 0 Å². The molecule has 0 saturated carbocycles. The van der Waals surface area contributed by atoms with Crippen molar-refractivity contribution in [2.45, 2.75) is 23.5 Å². The lowest BCUT2D eigenvalue weighted by Gasteiger charge is -2.36. The standard InChI is InChI=1S/C17H18N2O4S/c1-17-11(10-7-9(22-4)5-6-12(10)23-17)8-24-15-13(17)14(20)18(2)16(21)19(15)3/h5-7,11H,8H2,1-4H3. The molecule has 1 aromatic carbocycles. The fraction of sp³-hybridized carbons (Fsp3) is 0.412. The summed E-state index contributed by atoms with van der Waals surface area (Å²) in [7, 11) is 4.84. The van der Waals surface area contributed by atoms with Crippen molar-refractivity contribution in [3.63, 3.8) is 0 Å². The number of nitrogens with zero attached hydrogens (tertiary/aromatic N) is 2. The molecule has 1 aromatic heterocycles. The van der Waals surface area contributed by atoms with Crippen molar-refractivity contribution in [1.82, 2.24) is 9.13 Å². The zero-order valence-electron chi connectivity index (χ0n) is 14.0. The molecule has 2 aliphatic heterocycles. The van der Waals surface area contributed by atoms with Crippen LogP contribution in [0.5, 0.6) is 11.5 Å². The summed E-state index contributed by atoms with van der Waals surface area (Å²) < 4.78 is 14.3. The van der Waals surface area contributed by atoms with E-state index in [9.17, 15) is 9.59 Å². The molecule has 0 amide bonds. The minimum atomic E-state index is -0.782. The first-order chi connectivity index (χ1) is 11.4. The van der Waals surface area contributed by atoms with E-state index in [2.05, 4.69) is 0 Å². The van der Waals surface area contributed by atoms with Crippen LogP contribution >= 0.6 is 11.8 Å². The van der Waals surface area contributed by atoms with Gasteiger partial charge in [-0.15, -0.1) is 11.8 Å². The van der Waals surface area contributed by atoms with E-state index in [-0.39, 0.29) is 17.2 Å². The van der Waals surface area contributed by atoms with Crippen LogP contribution in [0.25, 0.3) is 0 Å². The van der Waals surface area contributed by atoms with Gasteiger partial charge in [0.15, 0.2) is 0 Å². The fourth-order valence-corrected chi connectivity index (χ4v) is 5.20. The first-order valence-corrected chi connectivity index (χ1v) is 8.67. The summed E-state index contributed by atoms with van der Waals surface area (Å²) in [6.07, 6.45) is 0. The van der Waals surface area contributed by atoms with Gasteiger partial charge >= 0.3 is 5.69 Å². The Bertz CT molecular complexity index is 978. The van der Waals surface area contributed by atoms with E-state index in [0.717, 1.165) is 27.4 Å². The molecular weight excluding hydrogens is 328 g/mol. The van der Waals surface area contributed by atoms with Crippen molar-refractivity contribution in [3.05, 3.63) is 50.2 Å². The molecule has 6 nitrogen and oxygen atoms in total. The van der Waals surface area contributed by atoms with Gasteiger partial charge in [-0.1, -0.05) is 0 Å². The van der Waals surface area contributed by atoms with Crippen molar-refractivity contribution < 1.29 is 9.47 Å². The number of rotatable bonds is 1. The first kappa shape index (κ1) is 15.4. The molecule has 0 aliphatic carbocycles. The Balaban J connectivity index is 1.98. The predicted octanol–water partition coefficient (Wildman–Crippen LogP) is 1.59. The second kappa shape index (κ2) is 4.92. The maximum Gasteiger partial charge on any atom is 0.331 e. The Labute approximate surface area is 143 Å². The molecule has 0 N–H and O–H groups in total. The molecule has 2 atom stereocenters. The molecule has 0 fully saturated rings. The van der Waals surface area contributed by atoms with E-state index in [1.54, 1.807) is 14.2 Å². The van der Waals surface area contributed by atoms with E-state index in [1.807, 2.05) is 25.1 Å². The molecule has 0 radical (unpaired) electrons. The molecule has 2 aromatic rings. The van der Waals surface area contributed by atoms with Crippen LogP contribution in [0.2, 0.25) is 0 Å². The molecule has 7 heteroatoms. The number of hydrogen-bond donors (Lipinski definition) is 0. The first-order valence-electron chi connectivity index (χ1n) is 7.68. The summed E-state index contributed by atoms with van der Waals surface area (Å²) in [4.78, 5) is 25.1. The van der Waals surface area contributed by atoms with E-state index < -0.39 is 5.60 Å². The quantitative estimate of drug-likeness (QED) is 0.734. The lowest BCUT2D eigenvalue weighted by molar-refractivity contribution is 0.0841. The maximum atomic E-state index is 12.8. The minimum Gasteiger partial charge on any atom is -0.497 e. The van der Waals surface area contributed by atoms with Crippen LogP contribution in [0.3, 0.4) is 0 Å². The zero-order chi connectivity index (χ0) is 17.2. The van der Waals surface area contributed by atoms with Crippen molar-refractivity contribution >= 4 is 11.8 Å². The molecular formula is C17H18N2O4S. The smallest absolute Gasteiger partial charge is 0.331 e. The van der Waals surface area contributed by atoms with Crippen molar-refractivity contribution in [3.8, 4) is 11.5 Å². The molecule has 126 valence electrons. The van der Waals surface area contributed by atoms with Gasteiger partial charge in [0, 0.05) is 31.3 Å². The maximum absolute atomic E-state index is 12.8. The summed E-state index contributed by atoms with van der Waals surface area (Å²) in [5.41, 5.74) is 0.225. The second-order valence-corrected chi connectivity index (χ2v) is 7.37. The second-order valence-electron chi connectivity index (χ2n) is 6.36. The van der Waals surface area contributed by atoms with E-state index in [0.29, 0.717) is 10.6 Å². The third kappa shape index (κ3) is 1.79. The molecule has 4 rings (SSSR count). The van der Waals surface area contributed by atoms with Gasteiger partial charge in [-0.05, 0) is 25.1 Å². The lowest BCUT2D eigenvalue weighted by atomic mass is 9.82. The fourth-order valence-electron chi connectivity index (χ4n) is 3.67. The number of ether oxygens (including phenoxy) is 2. The number of methoxy groups -OCH3 is 1. The molecule has 0 saturated heterocycles. The highest BCUT2D eigenvalue weighted by Gasteiger charge is 2.52. The summed E-state index contributed by atoms with van der Waals surface area (Å²) in [6, 6.07) is 5.71. The summed E-state index contributed by atoms with van der Waals surface area (Å²) >= 11 is 1.53. The van der Waals surface area contributed by atoms with Crippen LogP contribution in [-0.4, -0.2) is 22.0 Å². The molecule has 2 unspecified atom stereocenters. The van der Waals surface area contributed by atoms with Gasteiger partial charge in [0.2, 0.25) is 0 Å². The molecule has 3 heterocycles. The number of benzene rings is 1. The van der Waals surface area contributed by atoms with Gasteiger partial charge in [-0.3, -0.25) is 13.9 Å². The van der Waals surface area contributed by atoms with Gasteiger partial charge in [0.25, 0.3) is 5.56 Å². The summed E-state index contributed by atoms with van der Waals surface area (Å²) in [5, 5.41) is 0.696. The molecule has 2 aliphatic rings. The highest BCUT2D eigenvalue weighted by molar-refractivity contribution is 7.99. The minimum absolute atomic E-state index is 0.0327. The van der Waals surface area contributed by atoms with Gasteiger partial charge < -0.3 is 9.47 Å². The summed E-state index contributed by atoms with van der Waals surface area (Å²) in [6.45, 7) is 1.94. The molecule has 0 bridgehead atoms. The monoisotopic (exact) mass is 346 g/mol. The Kier molecular flexibility index (Phi) is 3.16. The highest BCUT2D eigenvalue weighted by atomic mass is 32.2. The average Bonchev–Trinajstić information content (AvgIpc) is 2.88. The van der Waals surface area contributed by atoms with Gasteiger partial charge in [0.05, 0.1) is 17.7 Å². The van der Waals surface area contributed by atoms with Gasteiger partial charge in [-0.2, -0.15) is 0 Å². The average molecular weight is 346 g/mol. The molecule has 24 heavy (non-hydrogen) atoms. The van der Waals surface area contributed by atoms with Crippen LogP contribution in [0, 0.1) is 0 Å². The third-order valence-electron chi connectivity index (χ3n) is 5.07. The Morgan fingerprint density at radius 3 is 2.75 bits per heavy atom. The Morgan fingerprint density at radius 1 is 1.29 bits per heavy atom. The topological polar surface area (TPSA) is 62.5 Å². The van der Waals surface area contributed by atoms with Crippen LogP contribution in [0.1, 0.15) is 24.0 Å². The van der Waals surface area contributed by atoms with Crippen LogP contribution < -0.4 is 20.7 Å². The van der Waals surface area contributed by atoms with E-state index in [1.165, 1.54) is 23.4 Å². The number of fused-ring (bicyclic) bond motifs is 5. The van der Waals surface area contributed by atoms with Crippen LogP contribution in [0.4, 0.5) is 0 Å². The normalized spacial score (nSPS) is 23.9. The SMILES string of the molecule is COc1ccc2c(c1)C1CSc3c(c(=O)n(C)c(=O)n3C)C1(C)O2. The third-order valence-corrected chi connectivity index (χ3v) is 6.32. The van der Waals surface area contributed by atoms with E-state index in [4.69, 9.17) is 9.47 Å². The largest absolute Gasteiger partial charge is 0.497 e. The number of thioether (sulfide) groups is 1. The number of hydrogen-bond acceptors (Lipinski definition) is 5. The summed E-state index contributed by atoms with van der Waals surface area (Å²) in [5.74, 6) is 2.31.